The predicted molar refractivity (Wildman–Crippen MR) is 86.7 cm³/mol. The third-order valence-corrected chi connectivity index (χ3v) is 3.90. The molecule has 1 atom stereocenters. The van der Waals surface area contributed by atoms with Crippen molar-refractivity contribution in [3.63, 3.8) is 0 Å². The maximum Gasteiger partial charge on any atom is 0.446 e. The lowest BCUT2D eigenvalue weighted by Crippen LogP contribution is -2.16. The molecule has 0 heterocycles. The molecule has 0 aromatic heterocycles. The fourth-order valence-electron chi connectivity index (χ4n) is 2.12. The average Bonchev–Trinajstić information content (AvgIpc) is 2.52. The van der Waals surface area contributed by atoms with Crippen molar-refractivity contribution in [3.05, 3.63) is 60.2 Å². The average molecular weight is 341 g/mol. The molecule has 0 aliphatic carbocycles. The molecule has 0 radical (unpaired) electrons. The fourth-order valence-corrected chi connectivity index (χ4v) is 2.66. The van der Waals surface area contributed by atoms with E-state index in [9.17, 15) is 13.2 Å². The summed E-state index contributed by atoms with van der Waals surface area (Å²) in [6.45, 7) is 0.779. The lowest BCUT2D eigenvalue weighted by molar-refractivity contribution is -0.0328. The molecule has 0 aliphatic heterocycles. The Kier molecular flexibility index (Phi) is 6.36. The molecule has 1 N–H and O–H groups in total. The van der Waals surface area contributed by atoms with Gasteiger partial charge in [0.25, 0.3) is 0 Å². The molecule has 2 nitrogen and oxygen atoms in total. The van der Waals surface area contributed by atoms with Gasteiger partial charge in [-0.15, -0.1) is 0 Å². The molecular weight excluding hydrogens is 323 g/mol. The van der Waals surface area contributed by atoms with Crippen LogP contribution < -0.4 is 10.1 Å². The van der Waals surface area contributed by atoms with Crippen molar-refractivity contribution in [2.45, 2.75) is 22.9 Å². The smallest absolute Gasteiger partial charge is 0.446 e. The Labute approximate surface area is 138 Å². The Morgan fingerprint density at radius 2 is 1.70 bits per heavy atom. The van der Waals surface area contributed by atoms with Gasteiger partial charge in [0.2, 0.25) is 0 Å². The van der Waals surface area contributed by atoms with Gasteiger partial charge in [0.15, 0.2) is 0 Å². The van der Waals surface area contributed by atoms with Crippen LogP contribution in [0.3, 0.4) is 0 Å². The molecule has 0 aliphatic rings. The number of hydrogen-bond donors (Lipinski definition) is 1. The number of rotatable bonds is 7. The van der Waals surface area contributed by atoms with Crippen LogP contribution in [0.2, 0.25) is 0 Å². The van der Waals surface area contributed by atoms with Crippen molar-refractivity contribution in [1.82, 2.24) is 5.32 Å². The van der Waals surface area contributed by atoms with Crippen LogP contribution >= 0.6 is 11.8 Å². The molecule has 23 heavy (non-hydrogen) atoms. The monoisotopic (exact) mass is 341 g/mol. The lowest BCUT2D eigenvalue weighted by Gasteiger charge is -2.20. The highest BCUT2D eigenvalue weighted by molar-refractivity contribution is 8.00. The van der Waals surface area contributed by atoms with E-state index in [4.69, 9.17) is 4.74 Å². The second-order valence-electron chi connectivity index (χ2n) is 4.93. The highest BCUT2D eigenvalue weighted by atomic mass is 32.2. The molecule has 124 valence electrons. The summed E-state index contributed by atoms with van der Waals surface area (Å²) in [4.78, 5) is 0.149. The molecule has 0 fully saturated rings. The van der Waals surface area contributed by atoms with E-state index in [1.54, 1.807) is 12.1 Å². The molecule has 0 amide bonds. The summed E-state index contributed by atoms with van der Waals surface area (Å²) in [6.07, 6.45) is 0.615. The summed E-state index contributed by atoms with van der Waals surface area (Å²) in [7, 11) is 1.87. The topological polar surface area (TPSA) is 21.3 Å². The third kappa shape index (κ3) is 6.15. The Balaban J connectivity index is 2.07. The fraction of sp³-hybridized carbons (Fsp3) is 0.294. The Hall–Kier alpha value is -1.66. The zero-order chi connectivity index (χ0) is 16.7. The minimum Gasteiger partial charge on any atom is -0.486 e. The number of hydrogen-bond acceptors (Lipinski definition) is 3. The summed E-state index contributed by atoms with van der Waals surface area (Å²) < 4.78 is 43.0. The highest BCUT2D eigenvalue weighted by Gasteiger charge is 2.29. The van der Waals surface area contributed by atoms with Gasteiger partial charge in [0, 0.05) is 11.3 Å². The van der Waals surface area contributed by atoms with Gasteiger partial charge in [-0.25, -0.2) is 0 Å². The molecule has 1 unspecified atom stereocenters. The van der Waals surface area contributed by atoms with Crippen LogP contribution in [0, 0.1) is 0 Å². The van der Waals surface area contributed by atoms with E-state index < -0.39 is 5.51 Å². The summed E-state index contributed by atoms with van der Waals surface area (Å²) >= 11 is -0.127. The van der Waals surface area contributed by atoms with Crippen LogP contribution in [-0.2, 0) is 0 Å². The number of thioether (sulfide) groups is 1. The second kappa shape index (κ2) is 8.26. The van der Waals surface area contributed by atoms with Gasteiger partial charge in [-0.05, 0) is 55.2 Å². The first-order valence-corrected chi connectivity index (χ1v) is 8.01. The van der Waals surface area contributed by atoms with Gasteiger partial charge in [0.05, 0.1) is 0 Å². The van der Waals surface area contributed by atoms with Gasteiger partial charge < -0.3 is 10.1 Å². The van der Waals surface area contributed by atoms with Crippen LogP contribution in [0.4, 0.5) is 13.2 Å². The van der Waals surface area contributed by atoms with Crippen molar-refractivity contribution in [1.29, 1.82) is 0 Å². The zero-order valence-electron chi connectivity index (χ0n) is 12.6. The summed E-state index contributed by atoms with van der Waals surface area (Å²) in [6, 6.07) is 15.8. The minimum absolute atomic E-state index is 0.127. The quantitative estimate of drug-likeness (QED) is 0.714. The molecule has 0 saturated heterocycles. The molecule has 0 spiro atoms. The summed E-state index contributed by atoms with van der Waals surface area (Å²) in [5.74, 6) is 0.557. The number of nitrogens with one attached hydrogen (secondary N) is 1. The van der Waals surface area contributed by atoms with E-state index in [0.29, 0.717) is 5.75 Å². The van der Waals surface area contributed by atoms with Crippen LogP contribution in [-0.4, -0.2) is 19.1 Å². The summed E-state index contributed by atoms with van der Waals surface area (Å²) in [5.41, 5.74) is -3.24. The van der Waals surface area contributed by atoms with E-state index in [1.807, 2.05) is 37.4 Å². The lowest BCUT2D eigenvalue weighted by atomic mass is 10.1. The molecule has 2 rings (SSSR count). The van der Waals surface area contributed by atoms with E-state index in [2.05, 4.69) is 5.32 Å². The molecule has 6 heteroatoms. The van der Waals surface area contributed by atoms with E-state index in [0.717, 1.165) is 18.5 Å². The number of alkyl halides is 3. The maximum atomic E-state index is 12.3. The largest absolute Gasteiger partial charge is 0.486 e. The Morgan fingerprint density at radius 3 is 2.26 bits per heavy atom. The molecule has 0 bridgehead atoms. The molecular formula is C17H18F3NOS. The van der Waals surface area contributed by atoms with Gasteiger partial charge >= 0.3 is 5.51 Å². The molecule has 2 aromatic carbocycles. The van der Waals surface area contributed by atoms with Crippen molar-refractivity contribution >= 4 is 11.8 Å². The Morgan fingerprint density at radius 1 is 1.04 bits per heavy atom. The minimum atomic E-state index is -4.28. The molecule has 0 saturated carbocycles. The molecule has 2 aromatic rings. The standard InChI is InChI=1S/C17H18F3NOS/c1-21-12-11-16(13-5-3-2-4-6-13)22-14-7-9-15(10-8-14)23-17(18,19)20/h2-10,16,21H,11-12H2,1H3. The number of benzene rings is 2. The SMILES string of the molecule is CNCCC(Oc1ccc(SC(F)(F)F)cc1)c1ccccc1. The van der Waals surface area contributed by atoms with E-state index in [1.165, 1.54) is 12.1 Å². The number of ether oxygens (including phenoxy) is 1. The van der Waals surface area contributed by atoms with Crippen LogP contribution in [0.5, 0.6) is 5.75 Å². The maximum absolute atomic E-state index is 12.3. The van der Waals surface area contributed by atoms with Crippen LogP contribution in [0.25, 0.3) is 0 Å². The van der Waals surface area contributed by atoms with Gasteiger partial charge in [-0.2, -0.15) is 13.2 Å². The van der Waals surface area contributed by atoms with Crippen LogP contribution in [0.15, 0.2) is 59.5 Å². The van der Waals surface area contributed by atoms with Crippen molar-refractivity contribution < 1.29 is 17.9 Å². The van der Waals surface area contributed by atoms with E-state index in [-0.39, 0.29) is 22.8 Å². The first kappa shape index (κ1) is 17.7. The second-order valence-corrected chi connectivity index (χ2v) is 6.07. The van der Waals surface area contributed by atoms with Gasteiger partial charge in [-0.3, -0.25) is 0 Å². The zero-order valence-corrected chi connectivity index (χ0v) is 13.5. The first-order chi connectivity index (χ1) is 11.0. The highest BCUT2D eigenvalue weighted by Crippen LogP contribution is 2.37. The van der Waals surface area contributed by atoms with E-state index >= 15 is 0 Å². The third-order valence-electron chi connectivity index (χ3n) is 3.16. The number of halogens is 3. The van der Waals surface area contributed by atoms with Gasteiger partial charge in [-0.1, -0.05) is 30.3 Å². The van der Waals surface area contributed by atoms with Crippen molar-refractivity contribution in [2.75, 3.05) is 13.6 Å². The van der Waals surface area contributed by atoms with Crippen LogP contribution in [0.1, 0.15) is 18.1 Å². The van der Waals surface area contributed by atoms with Crippen molar-refractivity contribution in [3.8, 4) is 5.75 Å². The Bertz CT molecular complexity index is 587. The summed E-state index contributed by atoms with van der Waals surface area (Å²) in [5, 5.41) is 3.08. The first-order valence-electron chi connectivity index (χ1n) is 7.20. The van der Waals surface area contributed by atoms with Gasteiger partial charge in [0.1, 0.15) is 11.9 Å². The van der Waals surface area contributed by atoms with Crippen molar-refractivity contribution in [2.24, 2.45) is 0 Å². The predicted octanol–water partition coefficient (Wildman–Crippen LogP) is 5.03. The normalized spacial score (nSPS) is 12.9.